The maximum absolute atomic E-state index is 11.9. The van der Waals surface area contributed by atoms with Crippen molar-refractivity contribution in [1.82, 2.24) is 10.1 Å². The normalized spacial score (nSPS) is 13.2. The lowest BCUT2D eigenvalue weighted by atomic mass is 9.92. The lowest BCUT2D eigenvalue weighted by Crippen LogP contribution is -2.42. The summed E-state index contributed by atoms with van der Waals surface area (Å²) in [4.78, 5) is 24.4. The first kappa shape index (κ1) is 17.2. The van der Waals surface area contributed by atoms with Crippen molar-refractivity contribution in [2.75, 3.05) is 18.9 Å². The van der Waals surface area contributed by atoms with Crippen LogP contribution in [0.3, 0.4) is 0 Å². The minimum absolute atomic E-state index is 0.0314. The second-order valence-electron chi connectivity index (χ2n) is 6.05. The van der Waals surface area contributed by atoms with Crippen molar-refractivity contribution in [2.45, 2.75) is 45.6 Å². The van der Waals surface area contributed by atoms with E-state index in [-0.39, 0.29) is 23.8 Å². The van der Waals surface area contributed by atoms with Crippen LogP contribution in [0.25, 0.3) is 0 Å². The van der Waals surface area contributed by atoms with Crippen LogP contribution >= 0.6 is 0 Å². The Balaban J connectivity index is 2.62. The molecule has 7 nitrogen and oxygen atoms in total. The van der Waals surface area contributed by atoms with Crippen LogP contribution < -0.4 is 5.32 Å². The zero-order valence-corrected chi connectivity index (χ0v) is 13.1. The molecule has 1 rings (SSSR count). The number of carboxylic acid groups (broad SMARTS) is 1. The SMILES string of the molecule is CCC(C(=O)O)N(C)CC(=O)Nc1cc(C(C)(C)C)no1. The average Bonchev–Trinajstić information content (AvgIpc) is 2.76. The summed E-state index contributed by atoms with van der Waals surface area (Å²) in [6.45, 7) is 7.70. The van der Waals surface area contributed by atoms with E-state index in [4.69, 9.17) is 9.63 Å². The van der Waals surface area contributed by atoms with Crippen molar-refractivity contribution in [3.05, 3.63) is 11.8 Å². The molecular formula is C14H23N3O4. The Morgan fingerprint density at radius 1 is 1.48 bits per heavy atom. The van der Waals surface area contributed by atoms with E-state index < -0.39 is 12.0 Å². The molecule has 1 unspecified atom stereocenters. The summed E-state index contributed by atoms with van der Waals surface area (Å²) in [5.74, 6) is -1.02. The van der Waals surface area contributed by atoms with E-state index >= 15 is 0 Å². The van der Waals surface area contributed by atoms with Gasteiger partial charge in [0.2, 0.25) is 11.8 Å². The highest BCUT2D eigenvalue weighted by Crippen LogP contribution is 2.23. The number of carbonyl (C=O) groups is 2. The Bertz CT molecular complexity index is 505. The topological polar surface area (TPSA) is 95.7 Å². The summed E-state index contributed by atoms with van der Waals surface area (Å²) >= 11 is 0. The van der Waals surface area contributed by atoms with Crippen LogP contribution in [0.15, 0.2) is 10.6 Å². The first-order chi connectivity index (χ1) is 9.65. The summed E-state index contributed by atoms with van der Waals surface area (Å²) in [6.07, 6.45) is 0.426. The van der Waals surface area contributed by atoms with E-state index in [0.717, 1.165) is 5.69 Å². The molecule has 2 N–H and O–H groups in total. The molecule has 0 fully saturated rings. The fourth-order valence-corrected chi connectivity index (χ4v) is 1.88. The van der Waals surface area contributed by atoms with Crippen LogP contribution in [0.2, 0.25) is 0 Å². The van der Waals surface area contributed by atoms with Crippen molar-refractivity contribution in [2.24, 2.45) is 0 Å². The molecule has 7 heteroatoms. The third-order valence-corrected chi connectivity index (χ3v) is 3.14. The molecule has 1 heterocycles. The van der Waals surface area contributed by atoms with Gasteiger partial charge in [-0.1, -0.05) is 32.9 Å². The molecule has 0 aliphatic heterocycles. The number of nitrogens with one attached hydrogen (secondary N) is 1. The van der Waals surface area contributed by atoms with Gasteiger partial charge < -0.3 is 9.63 Å². The Morgan fingerprint density at radius 2 is 2.10 bits per heavy atom. The Morgan fingerprint density at radius 3 is 2.52 bits per heavy atom. The van der Waals surface area contributed by atoms with Crippen molar-refractivity contribution in [3.63, 3.8) is 0 Å². The van der Waals surface area contributed by atoms with Crippen LogP contribution in [0.1, 0.15) is 39.8 Å². The molecule has 1 aromatic heterocycles. The Hall–Kier alpha value is -1.89. The molecule has 0 saturated heterocycles. The van der Waals surface area contributed by atoms with E-state index in [1.807, 2.05) is 20.8 Å². The number of anilines is 1. The summed E-state index contributed by atoms with van der Waals surface area (Å²) in [5, 5.41) is 15.5. The smallest absolute Gasteiger partial charge is 0.320 e. The molecule has 0 aromatic carbocycles. The van der Waals surface area contributed by atoms with Crippen molar-refractivity contribution >= 4 is 17.8 Å². The standard InChI is InChI=1S/C14H23N3O4/c1-6-9(13(19)20)17(5)8-11(18)15-12-7-10(16-21-12)14(2,3)4/h7,9H,6,8H2,1-5H3,(H,15,18)(H,19,20). The minimum Gasteiger partial charge on any atom is -0.480 e. The molecule has 0 saturated carbocycles. The zero-order chi connectivity index (χ0) is 16.2. The van der Waals surface area contributed by atoms with Gasteiger partial charge in [0.05, 0.1) is 12.2 Å². The van der Waals surface area contributed by atoms with E-state index in [0.29, 0.717) is 6.42 Å². The van der Waals surface area contributed by atoms with Gasteiger partial charge in [-0.25, -0.2) is 0 Å². The molecule has 1 amide bonds. The third-order valence-electron chi connectivity index (χ3n) is 3.14. The van der Waals surface area contributed by atoms with Crippen LogP contribution in [0.5, 0.6) is 0 Å². The largest absolute Gasteiger partial charge is 0.480 e. The van der Waals surface area contributed by atoms with Gasteiger partial charge in [0, 0.05) is 11.5 Å². The van der Waals surface area contributed by atoms with Gasteiger partial charge in [-0.3, -0.25) is 19.8 Å². The predicted octanol–water partition coefficient (Wildman–Crippen LogP) is 1.71. The van der Waals surface area contributed by atoms with Gasteiger partial charge in [-0.2, -0.15) is 0 Å². The van der Waals surface area contributed by atoms with Crippen molar-refractivity contribution in [1.29, 1.82) is 0 Å². The van der Waals surface area contributed by atoms with Crippen molar-refractivity contribution < 1.29 is 19.2 Å². The molecule has 21 heavy (non-hydrogen) atoms. The summed E-state index contributed by atoms with van der Waals surface area (Å²) in [5.41, 5.74) is 0.572. The predicted molar refractivity (Wildman–Crippen MR) is 78.2 cm³/mol. The maximum atomic E-state index is 11.9. The van der Waals surface area contributed by atoms with Gasteiger partial charge >= 0.3 is 5.97 Å². The van der Waals surface area contributed by atoms with Gasteiger partial charge in [-0.15, -0.1) is 0 Å². The lowest BCUT2D eigenvalue weighted by Gasteiger charge is -2.22. The molecule has 0 spiro atoms. The molecule has 118 valence electrons. The summed E-state index contributed by atoms with van der Waals surface area (Å²) in [6, 6.07) is 0.988. The minimum atomic E-state index is -0.942. The fourth-order valence-electron chi connectivity index (χ4n) is 1.88. The average molecular weight is 297 g/mol. The Kier molecular flexibility index (Phi) is 5.48. The van der Waals surface area contributed by atoms with E-state index in [1.165, 1.54) is 4.90 Å². The quantitative estimate of drug-likeness (QED) is 0.830. The number of rotatable bonds is 6. The second kappa shape index (κ2) is 6.71. The van der Waals surface area contributed by atoms with Gasteiger partial charge in [0.1, 0.15) is 6.04 Å². The van der Waals surface area contributed by atoms with Crippen LogP contribution in [0, 0.1) is 0 Å². The van der Waals surface area contributed by atoms with E-state index in [2.05, 4.69) is 10.5 Å². The molecule has 1 atom stereocenters. The first-order valence-corrected chi connectivity index (χ1v) is 6.85. The van der Waals surface area contributed by atoms with E-state index in [9.17, 15) is 9.59 Å². The van der Waals surface area contributed by atoms with Gasteiger partial charge in [-0.05, 0) is 13.5 Å². The number of aromatic nitrogens is 1. The molecule has 1 aromatic rings. The monoisotopic (exact) mass is 297 g/mol. The summed E-state index contributed by atoms with van der Waals surface area (Å²) < 4.78 is 5.06. The van der Waals surface area contributed by atoms with E-state index in [1.54, 1.807) is 20.0 Å². The highest BCUT2D eigenvalue weighted by atomic mass is 16.5. The van der Waals surface area contributed by atoms with Crippen LogP contribution in [-0.2, 0) is 15.0 Å². The number of carbonyl (C=O) groups excluding carboxylic acids is 1. The maximum Gasteiger partial charge on any atom is 0.320 e. The highest BCUT2D eigenvalue weighted by Gasteiger charge is 2.23. The molecule has 0 radical (unpaired) electrons. The first-order valence-electron chi connectivity index (χ1n) is 6.85. The lowest BCUT2D eigenvalue weighted by molar-refractivity contribution is -0.143. The van der Waals surface area contributed by atoms with Crippen LogP contribution in [-0.4, -0.2) is 46.7 Å². The fraction of sp³-hybridized carbons (Fsp3) is 0.643. The number of carboxylic acids is 1. The number of nitrogens with zero attached hydrogens (tertiary/aromatic N) is 2. The molecule has 0 aliphatic carbocycles. The third kappa shape index (κ3) is 4.86. The summed E-state index contributed by atoms with van der Waals surface area (Å²) in [7, 11) is 1.60. The Labute approximate surface area is 124 Å². The zero-order valence-electron chi connectivity index (χ0n) is 13.1. The number of likely N-dealkylation sites (N-methyl/N-ethyl adjacent to an activating group) is 1. The molecule has 0 aliphatic rings. The van der Waals surface area contributed by atoms with Crippen LogP contribution in [0.4, 0.5) is 5.88 Å². The number of hydrogen-bond donors (Lipinski definition) is 2. The molecular weight excluding hydrogens is 274 g/mol. The molecule has 0 bridgehead atoms. The van der Waals surface area contributed by atoms with Gasteiger partial charge in [0.25, 0.3) is 0 Å². The number of aliphatic carboxylic acids is 1. The number of hydrogen-bond acceptors (Lipinski definition) is 5. The number of amides is 1. The van der Waals surface area contributed by atoms with Gasteiger partial charge in [0.15, 0.2) is 0 Å². The van der Waals surface area contributed by atoms with Crippen molar-refractivity contribution in [3.8, 4) is 0 Å². The second-order valence-corrected chi connectivity index (χ2v) is 6.05. The highest BCUT2D eigenvalue weighted by molar-refractivity contribution is 5.91.